The summed E-state index contributed by atoms with van der Waals surface area (Å²) in [5.74, 6) is 0.197. The maximum atomic E-state index is 10.9. The highest BCUT2D eigenvalue weighted by atomic mass is 16.5. The van der Waals surface area contributed by atoms with Gasteiger partial charge in [0.2, 0.25) is 5.91 Å². The molecule has 1 N–H and O–H groups in total. The van der Waals surface area contributed by atoms with Gasteiger partial charge < -0.3 is 10.1 Å². The van der Waals surface area contributed by atoms with E-state index in [-0.39, 0.29) is 5.91 Å². The van der Waals surface area contributed by atoms with Crippen molar-refractivity contribution in [3.05, 3.63) is 0 Å². The highest BCUT2D eigenvalue weighted by molar-refractivity contribution is 5.76. The Morgan fingerprint density at radius 2 is 2.36 bits per heavy atom. The Morgan fingerprint density at radius 1 is 1.45 bits per heavy atom. The van der Waals surface area contributed by atoms with Crippen molar-refractivity contribution in [2.75, 3.05) is 19.8 Å². The van der Waals surface area contributed by atoms with E-state index in [1.54, 1.807) is 0 Å². The number of hydrogen-bond donors (Lipinski definition) is 1. The van der Waals surface area contributed by atoms with Crippen molar-refractivity contribution in [3.63, 3.8) is 0 Å². The summed E-state index contributed by atoms with van der Waals surface area (Å²) in [4.78, 5) is 10.9. The Hall–Kier alpha value is -0.570. The predicted molar refractivity (Wildman–Crippen MR) is 40.1 cm³/mol. The van der Waals surface area contributed by atoms with Crippen LogP contribution in [0.5, 0.6) is 0 Å². The van der Waals surface area contributed by atoms with Crippen LogP contribution in [0.1, 0.15) is 19.3 Å². The first-order valence-electron chi connectivity index (χ1n) is 4.15. The van der Waals surface area contributed by atoms with Gasteiger partial charge in [0.1, 0.15) is 0 Å². The molecule has 0 aromatic heterocycles. The summed E-state index contributed by atoms with van der Waals surface area (Å²) in [5, 5.41) is 2.90. The van der Waals surface area contributed by atoms with E-state index in [9.17, 15) is 4.79 Å². The number of amides is 1. The lowest BCUT2D eigenvalue weighted by atomic mass is 9.80. The molecule has 2 heterocycles. The molecular formula is C8H13NO2. The quantitative estimate of drug-likeness (QED) is 0.546. The van der Waals surface area contributed by atoms with Crippen molar-refractivity contribution >= 4 is 5.91 Å². The Morgan fingerprint density at radius 3 is 2.91 bits per heavy atom. The molecule has 0 aliphatic carbocycles. The number of piperidine rings is 1. The molecule has 1 unspecified atom stereocenters. The molecule has 1 amide bonds. The van der Waals surface area contributed by atoms with Gasteiger partial charge in [-0.3, -0.25) is 4.79 Å². The standard InChI is InChI=1S/C8H13NO2/c10-7-1-2-8(5-9-7)3-4-11-6-8/h1-6H2,(H,9,10). The number of carbonyl (C=O) groups is 1. The molecular weight excluding hydrogens is 142 g/mol. The smallest absolute Gasteiger partial charge is 0.220 e. The number of ether oxygens (including phenoxy) is 1. The molecule has 3 heteroatoms. The molecule has 1 spiro atoms. The number of rotatable bonds is 0. The Balaban J connectivity index is 1.99. The van der Waals surface area contributed by atoms with E-state index < -0.39 is 0 Å². The summed E-state index contributed by atoms with van der Waals surface area (Å²) >= 11 is 0. The second-order valence-corrected chi connectivity index (χ2v) is 3.58. The van der Waals surface area contributed by atoms with E-state index in [0.717, 1.165) is 32.6 Å². The minimum Gasteiger partial charge on any atom is -0.381 e. The molecule has 11 heavy (non-hydrogen) atoms. The molecule has 0 bridgehead atoms. The van der Waals surface area contributed by atoms with Crippen LogP contribution in [0.15, 0.2) is 0 Å². The molecule has 62 valence electrons. The van der Waals surface area contributed by atoms with Crippen molar-refractivity contribution in [2.24, 2.45) is 5.41 Å². The molecule has 0 saturated carbocycles. The molecule has 1 atom stereocenters. The Bertz CT molecular complexity index is 161. The van der Waals surface area contributed by atoms with E-state index in [2.05, 4.69) is 5.32 Å². The average molecular weight is 155 g/mol. The van der Waals surface area contributed by atoms with Gasteiger partial charge in [0.25, 0.3) is 0 Å². The van der Waals surface area contributed by atoms with Crippen LogP contribution >= 0.6 is 0 Å². The first kappa shape index (κ1) is 7.10. The maximum absolute atomic E-state index is 10.9. The van der Waals surface area contributed by atoms with Crippen molar-refractivity contribution in [1.82, 2.24) is 5.32 Å². The second kappa shape index (κ2) is 2.48. The van der Waals surface area contributed by atoms with Gasteiger partial charge >= 0.3 is 0 Å². The van der Waals surface area contributed by atoms with E-state index in [1.807, 2.05) is 0 Å². The minimum absolute atomic E-state index is 0.197. The van der Waals surface area contributed by atoms with Crippen LogP contribution in [0.4, 0.5) is 0 Å². The van der Waals surface area contributed by atoms with Crippen LogP contribution < -0.4 is 5.32 Å². The summed E-state index contributed by atoms with van der Waals surface area (Å²) in [6, 6.07) is 0. The Kier molecular flexibility index (Phi) is 1.60. The molecule has 2 saturated heterocycles. The SMILES string of the molecule is O=C1CCC2(CCOC2)CN1. The first-order valence-corrected chi connectivity index (χ1v) is 4.15. The highest BCUT2D eigenvalue weighted by Crippen LogP contribution is 2.34. The van der Waals surface area contributed by atoms with E-state index in [1.165, 1.54) is 0 Å². The molecule has 3 nitrogen and oxygen atoms in total. The summed E-state index contributed by atoms with van der Waals surface area (Å²) in [5.41, 5.74) is 0.300. The Labute approximate surface area is 66.1 Å². The third-order valence-corrected chi connectivity index (χ3v) is 2.73. The van der Waals surface area contributed by atoms with E-state index in [4.69, 9.17) is 4.74 Å². The fourth-order valence-electron chi connectivity index (χ4n) is 1.83. The monoisotopic (exact) mass is 155 g/mol. The lowest BCUT2D eigenvalue weighted by Gasteiger charge is -2.31. The summed E-state index contributed by atoms with van der Waals surface area (Å²) < 4.78 is 5.32. The zero-order valence-electron chi connectivity index (χ0n) is 6.56. The largest absolute Gasteiger partial charge is 0.381 e. The lowest BCUT2D eigenvalue weighted by molar-refractivity contribution is -0.124. The van der Waals surface area contributed by atoms with Gasteiger partial charge in [-0.25, -0.2) is 0 Å². The molecule has 0 aromatic carbocycles. The van der Waals surface area contributed by atoms with Gasteiger partial charge in [0.05, 0.1) is 6.61 Å². The van der Waals surface area contributed by atoms with Crippen molar-refractivity contribution < 1.29 is 9.53 Å². The number of carbonyl (C=O) groups excluding carboxylic acids is 1. The molecule has 0 aromatic rings. The molecule has 2 fully saturated rings. The van der Waals surface area contributed by atoms with Crippen molar-refractivity contribution in [2.45, 2.75) is 19.3 Å². The molecule has 2 rings (SSSR count). The summed E-state index contributed by atoms with van der Waals surface area (Å²) in [7, 11) is 0. The molecule has 2 aliphatic heterocycles. The first-order chi connectivity index (χ1) is 5.31. The second-order valence-electron chi connectivity index (χ2n) is 3.58. The van der Waals surface area contributed by atoms with Crippen molar-refractivity contribution in [1.29, 1.82) is 0 Å². The van der Waals surface area contributed by atoms with Crippen molar-refractivity contribution in [3.8, 4) is 0 Å². The lowest BCUT2D eigenvalue weighted by Crippen LogP contribution is -2.43. The van der Waals surface area contributed by atoms with Crippen LogP contribution in [-0.4, -0.2) is 25.7 Å². The minimum atomic E-state index is 0.197. The van der Waals surface area contributed by atoms with Crippen LogP contribution in [0, 0.1) is 5.41 Å². The normalized spacial score (nSPS) is 37.6. The third kappa shape index (κ3) is 1.25. The van der Waals surface area contributed by atoms with Gasteiger partial charge in [0, 0.05) is 25.0 Å². The zero-order valence-corrected chi connectivity index (χ0v) is 6.56. The number of nitrogens with one attached hydrogen (secondary N) is 1. The highest BCUT2D eigenvalue weighted by Gasteiger charge is 2.37. The zero-order chi connectivity index (χ0) is 7.73. The average Bonchev–Trinajstić information content (AvgIpc) is 2.45. The van der Waals surface area contributed by atoms with Crippen LogP contribution in [0.2, 0.25) is 0 Å². The van der Waals surface area contributed by atoms with Crippen LogP contribution in [0.3, 0.4) is 0 Å². The third-order valence-electron chi connectivity index (χ3n) is 2.73. The van der Waals surface area contributed by atoms with Gasteiger partial charge in [-0.05, 0) is 12.8 Å². The van der Waals surface area contributed by atoms with Crippen LogP contribution in [-0.2, 0) is 9.53 Å². The fraction of sp³-hybridized carbons (Fsp3) is 0.875. The fourth-order valence-corrected chi connectivity index (χ4v) is 1.83. The topological polar surface area (TPSA) is 38.3 Å². The van der Waals surface area contributed by atoms with Gasteiger partial charge in [-0.2, -0.15) is 0 Å². The van der Waals surface area contributed by atoms with Gasteiger partial charge in [-0.15, -0.1) is 0 Å². The van der Waals surface area contributed by atoms with Gasteiger partial charge in [0.15, 0.2) is 0 Å². The van der Waals surface area contributed by atoms with E-state index in [0.29, 0.717) is 11.8 Å². The van der Waals surface area contributed by atoms with Crippen LogP contribution in [0.25, 0.3) is 0 Å². The summed E-state index contributed by atoms with van der Waals surface area (Å²) in [6.45, 7) is 2.54. The molecule has 2 aliphatic rings. The number of hydrogen-bond acceptors (Lipinski definition) is 2. The summed E-state index contributed by atoms with van der Waals surface area (Å²) in [6.07, 6.45) is 2.81. The maximum Gasteiger partial charge on any atom is 0.220 e. The van der Waals surface area contributed by atoms with Gasteiger partial charge in [-0.1, -0.05) is 0 Å². The predicted octanol–water partition coefficient (Wildman–Crippen LogP) is 0.303. The molecule has 0 radical (unpaired) electrons. The van der Waals surface area contributed by atoms with E-state index >= 15 is 0 Å².